The van der Waals surface area contributed by atoms with Crippen LogP contribution in [0.2, 0.25) is 0 Å². The Bertz CT molecular complexity index is 526. The fraction of sp³-hybridized carbons (Fsp3) is 0.579. The van der Waals surface area contributed by atoms with Crippen LogP contribution >= 0.6 is 0 Å². The summed E-state index contributed by atoms with van der Waals surface area (Å²) in [6.07, 6.45) is 3.51. The van der Waals surface area contributed by atoms with Gasteiger partial charge in [-0.25, -0.2) is 4.79 Å². The highest BCUT2D eigenvalue weighted by molar-refractivity contribution is 5.95. The standard InChI is InChI=1S/C19H31N3O2/c1-6-7-8-15-9-11-16(12-10-15)17(13(2)3)21-14(4)18(23)22-19(24)20-5/h9-14,17,21H,6-8H2,1-5H3,(H2,20,22,23,24)/p+1/t14-,17-/m0/s1. The fourth-order valence-electron chi connectivity index (χ4n) is 2.69. The van der Waals surface area contributed by atoms with E-state index in [1.165, 1.54) is 31.0 Å². The molecule has 3 amide bonds. The highest BCUT2D eigenvalue weighted by atomic mass is 16.2. The number of benzene rings is 1. The first-order valence-corrected chi connectivity index (χ1v) is 8.85. The van der Waals surface area contributed by atoms with E-state index in [0.29, 0.717) is 5.92 Å². The van der Waals surface area contributed by atoms with Crippen molar-refractivity contribution >= 4 is 11.9 Å². The maximum Gasteiger partial charge on any atom is 0.321 e. The second kappa shape index (κ2) is 10.1. The highest BCUT2D eigenvalue weighted by Gasteiger charge is 2.26. The first kappa shape index (κ1) is 20.2. The lowest BCUT2D eigenvalue weighted by molar-refractivity contribution is -0.719. The summed E-state index contributed by atoms with van der Waals surface area (Å²) in [6.45, 7) is 8.32. The Balaban J connectivity index is 2.76. The zero-order valence-corrected chi connectivity index (χ0v) is 15.6. The molecule has 0 fully saturated rings. The molecule has 5 nitrogen and oxygen atoms in total. The number of aryl methyl sites for hydroxylation is 1. The van der Waals surface area contributed by atoms with Crippen molar-refractivity contribution in [1.29, 1.82) is 0 Å². The molecule has 0 bridgehead atoms. The number of unbranched alkanes of at least 4 members (excludes halogenated alkanes) is 1. The molecule has 1 aromatic rings. The average Bonchev–Trinajstić information content (AvgIpc) is 2.57. The van der Waals surface area contributed by atoms with Gasteiger partial charge in [-0.05, 0) is 25.3 Å². The summed E-state index contributed by atoms with van der Waals surface area (Å²) in [5, 5.41) is 6.77. The molecule has 1 rings (SSSR count). The predicted molar refractivity (Wildman–Crippen MR) is 96.6 cm³/mol. The molecule has 0 saturated heterocycles. The van der Waals surface area contributed by atoms with Crippen LogP contribution in [0.3, 0.4) is 0 Å². The molecule has 0 spiro atoms. The van der Waals surface area contributed by atoms with Crippen molar-refractivity contribution in [3.63, 3.8) is 0 Å². The number of carbonyl (C=O) groups excluding carboxylic acids is 2. The highest BCUT2D eigenvalue weighted by Crippen LogP contribution is 2.19. The molecule has 0 aromatic heterocycles. The van der Waals surface area contributed by atoms with E-state index in [9.17, 15) is 9.59 Å². The largest absolute Gasteiger partial charge is 0.341 e. The molecule has 0 aliphatic carbocycles. The molecule has 4 N–H and O–H groups in total. The van der Waals surface area contributed by atoms with Crippen LogP contribution < -0.4 is 16.0 Å². The third-order valence-corrected chi connectivity index (χ3v) is 4.28. The van der Waals surface area contributed by atoms with Gasteiger partial charge in [-0.15, -0.1) is 0 Å². The molecule has 1 aromatic carbocycles. The number of nitrogens with two attached hydrogens (primary N) is 1. The maximum atomic E-state index is 12.1. The van der Waals surface area contributed by atoms with Crippen LogP contribution in [0.5, 0.6) is 0 Å². The molecular weight excluding hydrogens is 302 g/mol. The second-order valence-electron chi connectivity index (χ2n) is 6.66. The Morgan fingerprint density at radius 2 is 1.75 bits per heavy atom. The first-order chi connectivity index (χ1) is 11.4. The number of imide groups is 1. The molecule has 0 saturated carbocycles. The minimum Gasteiger partial charge on any atom is -0.341 e. The third-order valence-electron chi connectivity index (χ3n) is 4.28. The van der Waals surface area contributed by atoms with Crippen molar-refractivity contribution in [3.8, 4) is 0 Å². The van der Waals surface area contributed by atoms with E-state index in [1.807, 2.05) is 12.2 Å². The Kier molecular flexibility index (Phi) is 8.47. The Morgan fingerprint density at radius 3 is 2.25 bits per heavy atom. The van der Waals surface area contributed by atoms with Gasteiger partial charge in [-0.1, -0.05) is 51.5 Å². The van der Waals surface area contributed by atoms with Crippen LogP contribution in [-0.4, -0.2) is 25.0 Å². The van der Waals surface area contributed by atoms with Crippen molar-refractivity contribution in [3.05, 3.63) is 35.4 Å². The molecular formula is C19H32N3O2+. The van der Waals surface area contributed by atoms with Gasteiger partial charge in [0.15, 0.2) is 6.04 Å². The van der Waals surface area contributed by atoms with Crippen molar-refractivity contribution in [2.45, 2.75) is 59.0 Å². The number of urea groups is 1. The molecule has 0 aliphatic rings. The van der Waals surface area contributed by atoms with Crippen LogP contribution in [0.25, 0.3) is 0 Å². The van der Waals surface area contributed by atoms with E-state index in [4.69, 9.17) is 0 Å². The van der Waals surface area contributed by atoms with Crippen LogP contribution in [0, 0.1) is 5.92 Å². The smallest absolute Gasteiger partial charge is 0.321 e. The minimum absolute atomic E-state index is 0.177. The number of amides is 3. The fourth-order valence-corrected chi connectivity index (χ4v) is 2.69. The monoisotopic (exact) mass is 334 g/mol. The normalized spacial score (nSPS) is 13.4. The molecule has 24 heavy (non-hydrogen) atoms. The van der Waals surface area contributed by atoms with E-state index < -0.39 is 6.03 Å². The number of carbonyl (C=O) groups is 2. The van der Waals surface area contributed by atoms with Gasteiger partial charge in [0.1, 0.15) is 6.04 Å². The summed E-state index contributed by atoms with van der Waals surface area (Å²) >= 11 is 0. The zero-order valence-electron chi connectivity index (χ0n) is 15.6. The van der Waals surface area contributed by atoms with Crippen molar-refractivity contribution in [2.75, 3.05) is 7.05 Å². The van der Waals surface area contributed by atoms with E-state index in [-0.39, 0.29) is 18.0 Å². The van der Waals surface area contributed by atoms with E-state index >= 15 is 0 Å². The van der Waals surface area contributed by atoms with E-state index in [1.54, 1.807) is 0 Å². The van der Waals surface area contributed by atoms with Gasteiger partial charge < -0.3 is 10.6 Å². The van der Waals surface area contributed by atoms with Gasteiger partial charge in [-0.2, -0.15) is 0 Å². The molecule has 134 valence electrons. The molecule has 0 unspecified atom stereocenters. The van der Waals surface area contributed by atoms with Crippen molar-refractivity contribution in [1.82, 2.24) is 10.6 Å². The van der Waals surface area contributed by atoms with E-state index in [0.717, 1.165) is 6.42 Å². The third kappa shape index (κ3) is 6.32. The predicted octanol–water partition coefficient (Wildman–Crippen LogP) is 2.13. The summed E-state index contributed by atoms with van der Waals surface area (Å²) in [5.74, 6) is 0.0984. The van der Waals surface area contributed by atoms with E-state index in [2.05, 4.69) is 55.7 Å². The average molecular weight is 334 g/mol. The van der Waals surface area contributed by atoms with Gasteiger partial charge in [0.25, 0.3) is 5.91 Å². The van der Waals surface area contributed by atoms with Crippen molar-refractivity contribution < 1.29 is 14.9 Å². The quantitative estimate of drug-likeness (QED) is 0.681. The lowest BCUT2D eigenvalue weighted by Crippen LogP contribution is -2.93. The summed E-state index contributed by atoms with van der Waals surface area (Å²) in [4.78, 5) is 23.4. The zero-order chi connectivity index (χ0) is 18.1. The van der Waals surface area contributed by atoms with Gasteiger partial charge in [-0.3, -0.25) is 10.1 Å². The summed E-state index contributed by atoms with van der Waals surface area (Å²) in [5.41, 5.74) is 2.57. The maximum absolute atomic E-state index is 12.1. The number of nitrogens with one attached hydrogen (secondary N) is 2. The SMILES string of the molecule is CCCCc1ccc([C@@H]([NH2+][C@@H](C)C(=O)NC(=O)NC)C(C)C)cc1. The molecule has 0 radical (unpaired) electrons. The number of quaternary nitrogens is 1. The van der Waals surface area contributed by atoms with Crippen LogP contribution in [-0.2, 0) is 11.2 Å². The Labute approximate surface area is 145 Å². The molecule has 2 atom stereocenters. The van der Waals surface area contributed by atoms with Crippen LogP contribution in [0.1, 0.15) is 57.7 Å². The van der Waals surface area contributed by atoms with Gasteiger partial charge >= 0.3 is 6.03 Å². The molecule has 0 aliphatic heterocycles. The lowest BCUT2D eigenvalue weighted by Gasteiger charge is -2.23. The second-order valence-corrected chi connectivity index (χ2v) is 6.66. The summed E-state index contributed by atoms with van der Waals surface area (Å²) < 4.78 is 0. The Morgan fingerprint density at radius 1 is 1.12 bits per heavy atom. The Hall–Kier alpha value is -1.88. The first-order valence-electron chi connectivity index (χ1n) is 8.85. The number of rotatable bonds is 8. The summed E-state index contributed by atoms with van der Waals surface area (Å²) in [6, 6.07) is 8.06. The lowest BCUT2D eigenvalue weighted by atomic mass is 9.94. The number of hydrogen-bond acceptors (Lipinski definition) is 2. The number of hydrogen-bond donors (Lipinski definition) is 3. The topological polar surface area (TPSA) is 74.8 Å². The molecule has 0 heterocycles. The van der Waals surface area contributed by atoms with Crippen LogP contribution in [0.4, 0.5) is 4.79 Å². The van der Waals surface area contributed by atoms with Gasteiger partial charge in [0.2, 0.25) is 0 Å². The van der Waals surface area contributed by atoms with Crippen molar-refractivity contribution in [2.24, 2.45) is 5.92 Å². The summed E-state index contributed by atoms with van der Waals surface area (Å²) in [7, 11) is 1.49. The van der Waals surface area contributed by atoms with Gasteiger partial charge in [0, 0.05) is 18.5 Å². The molecule has 5 heteroatoms. The minimum atomic E-state index is -0.471. The van der Waals surface area contributed by atoms with Crippen LogP contribution in [0.15, 0.2) is 24.3 Å². The van der Waals surface area contributed by atoms with Gasteiger partial charge in [0.05, 0.1) is 0 Å².